The minimum absolute atomic E-state index is 0.0691. The Morgan fingerprint density at radius 2 is 2.21 bits per heavy atom. The molecule has 1 unspecified atom stereocenters. The molecule has 0 amide bonds. The van der Waals surface area contributed by atoms with Gasteiger partial charge in [0.1, 0.15) is 10.8 Å². The van der Waals surface area contributed by atoms with E-state index in [0.29, 0.717) is 0 Å². The van der Waals surface area contributed by atoms with Crippen molar-refractivity contribution in [3.8, 4) is 10.6 Å². The van der Waals surface area contributed by atoms with Crippen molar-refractivity contribution in [3.05, 3.63) is 40.7 Å². The van der Waals surface area contributed by atoms with Crippen molar-refractivity contribution in [1.82, 2.24) is 4.98 Å². The molecule has 1 N–H and O–H groups in total. The fraction of sp³-hybridized carbons (Fsp3) is 0.400. The van der Waals surface area contributed by atoms with Crippen LogP contribution in [0.4, 0.5) is 4.39 Å². The number of nitrogens with zero attached hydrogens (tertiary/aromatic N) is 1. The van der Waals surface area contributed by atoms with Gasteiger partial charge in [-0.15, -0.1) is 11.3 Å². The number of rotatable bonds is 1. The van der Waals surface area contributed by atoms with Crippen LogP contribution >= 0.6 is 11.3 Å². The lowest BCUT2D eigenvalue weighted by atomic mass is 9.77. The first kappa shape index (κ1) is 12.8. The maximum absolute atomic E-state index is 13.3. The highest BCUT2D eigenvalue weighted by atomic mass is 32.1. The first-order chi connectivity index (χ1) is 8.94. The van der Waals surface area contributed by atoms with Gasteiger partial charge in [0.2, 0.25) is 0 Å². The van der Waals surface area contributed by atoms with Crippen LogP contribution in [0.3, 0.4) is 0 Å². The summed E-state index contributed by atoms with van der Waals surface area (Å²) in [5, 5.41) is 11.0. The van der Waals surface area contributed by atoms with E-state index in [0.717, 1.165) is 34.0 Å². The molecular formula is C15H16FNOS. The fourth-order valence-electron chi connectivity index (χ4n) is 2.64. The molecule has 2 nitrogen and oxygen atoms in total. The average Bonchev–Trinajstić information content (AvgIpc) is 2.71. The number of benzene rings is 1. The van der Waals surface area contributed by atoms with Crippen LogP contribution in [-0.4, -0.2) is 10.1 Å². The molecule has 0 aliphatic heterocycles. The molecule has 1 aromatic heterocycles. The third kappa shape index (κ3) is 2.42. The normalized spacial score (nSPS) is 21.2. The second-order valence-electron chi connectivity index (χ2n) is 5.90. The lowest BCUT2D eigenvalue weighted by molar-refractivity contribution is 0.102. The molecule has 1 aliphatic rings. The zero-order chi connectivity index (χ0) is 13.6. The van der Waals surface area contributed by atoms with Crippen LogP contribution in [0.5, 0.6) is 0 Å². The molecule has 100 valence electrons. The Labute approximate surface area is 115 Å². The summed E-state index contributed by atoms with van der Waals surface area (Å²) in [6, 6.07) is 6.45. The highest BCUT2D eigenvalue weighted by Crippen LogP contribution is 2.44. The molecule has 3 rings (SSSR count). The van der Waals surface area contributed by atoms with Crippen LogP contribution in [0.2, 0.25) is 0 Å². The van der Waals surface area contributed by atoms with Gasteiger partial charge in [-0.25, -0.2) is 9.37 Å². The molecule has 0 saturated heterocycles. The molecule has 4 heteroatoms. The van der Waals surface area contributed by atoms with Crippen LogP contribution in [0.25, 0.3) is 10.6 Å². The number of aromatic nitrogens is 1. The Kier molecular flexibility index (Phi) is 2.95. The van der Waals surface area contributed by atoms with Gasteiger partial charge in [0.05, 0.1) is 16.7 Å². The van der Waals surface area contributed by atoms with E-state index in [4.69, 9.17) is 0 Å². The number of fused-ring (bicyclic) bond motifs is 1. The molecule has 0 spiro atoms. The summed E-state index contributed by atoms with van der Waals surface area (Å²) in [6.07, 6.45) is 1.18. The van der Waals surface area contributed by atoms with Crippen molar-refractivity contribution < 1.29 is 9.50 Å². The molecular weight excluding hydrogens is 261 g/mol. The summed E-state index contributed by atoms with van der Waals surface area (Å²) in [4.78, 5) is 5.54. The van der Waals surface area contributed by atoms with E-state index in [1.54, 1.807) is 6.07 Å². The Hall–Kier alpha value is -1.26. The lowest BCUT2D eigenvalue weighted by Crippen LogP contribution is -2.24. The Morgan fingerprint density at radius 1 is 1.42 bits per heavy atom. The van der Waals surface area contributed by atoms with Crippen molar-refractivity contribution in [2.75, 3.05) is 0 Å². The average molecular weight is 277 g/mol. The van der Waals surface area contributed by atoms with Crippen LogP contribution < -0.4 is 0 Å². The van der Waals surface area contributed by atoms with Crippen molar-refractivity contribution in [1.29, 1.82) is 0 Å². The fourth-order valence-corrected chi connectivity index (χ4v) is 3.70. The zero-order valence-electron chi connectivity index (χ0n) is 11.0. The largest absolute Gasteiger partial charge is 0.387 e. The zero-order valence-corrected chi connectivity index (χ0v) is 11.8. The lowest BCUT2D eigenvalue weighted by Gasteiger charge is -2.31. The predicted octanol–water partition coefficient (Wildman–Crippen LogP) is 3.96. The van der Waals surface area contributed by atoms with Gasteiger partial charge in [0, 0.05) is 5.56 Å². The second-order valence-corrected chi connectivity index (χ2v) is 6.93. The van der Waals surface area contributed by atoms with Crippen molar-refractivity contribution in [2.24, 2.45) is 5.41 Å². The van der Waals surface area contributed by atoms with Gasteiger partial charge in [-0.2, -0.15) is 0 Å². The van der Waals surface area contributed by atoms with Crippen molar-refractivity contribution in [2.45, 2.75) is 32.8 Å². The Morgan fingerprint density at radius 3 is 2.95 bits per heavy atom. The van der Waals surface area contributed by atoms with Gasteiger partial charge in [0.25, 0.3) is 0 Å². The van der Waals surface area contributed by atoms with E-state index < -0.39 is 6.10 Å². The monoisotopic (exact) mass is 277 g/mol. The quantitative estimate of drug-likeness (QED) is 0.856. The van der Waals surface area contributed by atoms with Gasteiger partial charge in [-0.05, 0) is 30.4 Å². The molecule has 19 heavy (non-hydrogen) atoms. The van der Waals surface area contributed by atoms with E-state index in [1.807, 2.05) is 6.07 Å². The highest BCUT2D eigenvalue weighted by Gasteiger charge is 2.34. The SMILES string of the molecule is CC1(C)Cc2nc(-c3cccc(F)c3)sc2C(O)C1. The van der Waals surface area contributed by atoms with E-state index in [2.05, 4.69) is 18.8 Å². The summed E-state index contributed by atoms with van der Waals surface area (Å²) in [5.74, 6) is -0.258. The minimum atomic E-state index is -0.446. The van der Waals surface area contributed by atoms with Gasteiger partial charge in [0.15, 0.2) is 0 Å². The van der Waals surface area contributed by atoms with E-state index in [9.17, 15) is 9.50 Å². The molecule has 2 aromatic rings. The molecule has 1 atom stereocenters. The number of thiazole rings is 1. The summed E-state index contributed by atoms with van der Waals surface area (Å²) in [7, 11) is 0. The predicted molar refractivity (Wildman–Crippen MR) is 74.6 cm³/mol. The first-order valence-electron chi connectivity index (χ1n) is 6.38. The van der Waals surface area contributed by atoms with Gasteiger partial charge >= 0.3 is 0 Å². The summed E-state index contributed by atoms with van der Waals surface area (Å²) < 4.78 is 13.3. The molecule has 0 radical (unpaired) electrons. The van der Waals surface area contributed by atoms with Crippen molar-refractivity contribution in [3.63, 3.8) is 0 Å². The van der Waals surface area contributed by atoms with Crippen LogP contribution in [-0.2, 0) is 6.42 Å². The first-order valence-corrected chi connectivity index (χ1v) is 7.20. The van der Waals surface area contributed by atoms with Crippen LogP contribution in [0.1, 0.15) is 36.9 Å². The third-order valence-electron chi connectivity index (χ3n) is 3.49. The smallest absolute Gasteiger partial charge is 0.124 e. The van der Waals surface area contributed by atoms with Crippen molar-refractivity contribution >= 4 is 11.3 Å². The Balaban J connectivity index is 2.04. The third-order valence-corrected chi connectivity index (χ3v) is 4.74. The number of halogens is 1. The molecule has 1 aromatic carbocycles. The molecule has 0 saturated carbocycles. The highest BCUT2D eigenvalue weighted by molar-refractivity contribution is 7.15. The topological polar surface area (TPSA) is 33.1 Å². The summed E-state index contributed by atoms with van der Waals surface area (Å²) >= 11 is 1.48. The van der Waals surface area contributed by atoms with Crippen LogP contribution in [0, 0.1) is 11.2 Å². The maximum Gasteiger partial charge on any atom is 0.124 e. The van der Waals surface area contributed by atoms with Crippen LogP contribution in [0.15, 0.2) is 24.3 Å². The number of aliphatic hydroxyl groups excluding tert-OH is 1. The van der Waals surface area contributed by atoms with Gasteiger partial charge in [-0.1, -0.05) is 26.0 Å². The number of aliphatic hydroxyl groups is 1. The molecule has 0 bridgehead atoms. The standard InChI is InChI=1S/C15H16FNOS/c1-15(2)7-11-13(12(18)8-15)19-14(17-11)9-4-3-5-10(16)6-9/h3-6,12,18H,7-8H2,1-2H3. The minimum Gasteiger partial charge on any atom is -0.387 e. The number of hydrogen-bond donors (Lipinski definition) is 1. The van der Waals surface area contributed by atoms with E-state index in [-0.39, 0.29) is 11.2 Å². The molecule has 1 aliphatic carbocycles. The molecule has 0 fully saturated rings. The van der Waals surface area contributed by atoms with E-state index in [1.165, 1.54) is 23.5 Å². The second kappa shape index (κ2) is 4.39. The maximum atomic E-state index is 13.3. The Bertz CT molecular complexity index is 620. The summed E-state index contributed by atoms with van der Waals surface area (Å²) in [6.45, 7) is 4.28. The summed E-state index contributed by atoms with van der Waals surface area (Å²) in [5.41, 5.74) is 1.82. The van der Waals surface area contributed by atoms with Gasteiger partial charge < -0.3 is 5.11 Å². The van der Waals surface area contributed by atoms with E-state index >= 15 is 0 Å². The molecule has 1 heterocycles. The van der Waals surface area contributed by atoms with Gasteiger partial charge in [-0.3, -0.25) is 0 Å². The number of hydrogen-bond acceptors (Lipinski definition) is 3.